The van der Waals surface area contributed by atoms with Crippen molar-refractivity contribution in [1.82, 2.24) is 0 Å². The summed E-state index contributed by atoms with van der Waals surface area (Å²) in [4.78, 5) is 11.2. The maximum Gasteiger partial charge on any atom is 0.315 e. The zero-order valence-electron chi connectivity index (χ0n) is 9.40. The van der Waals surface area contributed by atoms with Crippen molar-refractivity contribution in [3.8, 4) is 5.75 Å². The van der Waals surface area contributed by atoms with Gasteiger partial charge >= 0.3 is 5.97 Å². The molecule has 0 aromatic heterocycles. The zero-order valence-corrected chi connectivity index (χ0v) is 9.40. The highest BCUT2D eigenvalue weighted by atomic mass is 16.5. The van der Waals surface area contributed by atoms with Gasteiger partial charge in [0.15, 0.2) is 5.90 Å². The molecule has 0 unspecified atom stereocenters. The number of carbonyl (C=O) groups excluding carboxylic acids is 1. The van der Waals surface area contributed by atoms with Crippen molar-refractivity contribution < 1.29 is 14.3 Å². The van der Waals surface area contributed by atoms with Gasteiger partial charge in [0.2, 0.25) is 0 Å². The maximum atomic E-state index is 11.2. The fourth-order valence-electron chi connectivity index (χ4n) is 1.10. The highest BCUT2D eigenvalue weighted by Gasteiger charge is 2.10. The Morgan fingerprint density at radius 3 is 2.50 bits per heavy atom. The molecule has 1 N–H and O–H groups in total. The van der Waals surface area contributed by atoms with Gasteiger partial charge in [0, 0.05) is 0 Å². The van der Waals surface area contributed by atoms with Gasteiger partial charge in [0.1, 0.15) is 12.2 Å². The molecular weight excluding hydrogens is 206 g/mol. The van der Waals surface area contributed by atoms with E-state index in [9.17, 15) is 4.79 Å². The van der Waals surface area contributed by atoms with Crippen LogP contribution in [0.3, 0.4) is 0 Å². The van der Waals surface area contributed by atoms with E-state index in [-0.39, 0.29) is 18.4 Å². The smallest absolute Gasteiger partial charge is 0.315 e. The standard InChI is InChI=1S/C12H15NO3/c1-9(2)15-12(14)8-11(13)16-10-6-4-3-5-7-10/h3-7,9,13H,8H2,1-2H3. The number of ether oxygens (including phenoxy) is 2. The second-order valence-corrected chi connectivity index (χ2v) is 3.55. The van der Waals surface area contributed by atoms with Crippen molar-refractivity contribution in [2.24, 2.45) is 0 Å². The topological polar surface area (TPSA) is 59.4 Å². The summed E-state index contributed by atoms with van der Waals surface area (Å²) in [7, 11) is 0. The number of para-hydroxylation sites is 1. The van der Waals surface area contributed by atoms with Crippen LogP contribution in [-0.2, 0) is 9.53 Å². The average molecular weight is 221 g/mol. The van der Waals surface area contributed by atoms with Gasteiger partial charge < -0.3 is 9.47 Å². The molecule has 0 aliphatic carbocycles. The minimum absolute atomic E-state index is 0.114. The van der Waals surface area contributed by atoms with Crippen LogP contribution in [0, 0.1) is 5.41 Å². The second kappa shape index (κ2) is 5.90. The van der Waals surface area contributed by atoms with E-state index in [1.165, 1.54) is 0 Å². The molecule has 0 spiro atoms. The van der Waals surface area contributed by atoms with Crippen molar-refractivity contribution in [1.29, 1.82) is 5.41 Å². The Hall–Kier alpha value is -1.84. The Kier molecular flexibility index (Phi) is 4.51. The number of benzene rings is 1. The normalized spacial score (nSPS) is 9.94. The fourth-order valence-corrected chi connectivity index (χ4v) is 1.10. The molecule has 0 saturated carbocycles. The summed E-state index contributed by atoms with van der Waals surface area (Å²) < 4.78 is 10.0. The Morgan fingerprint density at radius 1 is 1.31 bits per heavy atom. The Labute approximate surface area is 94.7 Å². The number of rotatable bonds is 4. The van der Waals surface area contributed by atoms with Crippen molar-refractivity contribution in [3.63, 3.8) is 0 Å². The maximum absolute atomic E-state index is 11.2. The lowest BCUT2D eigenvalue weighted by molar-refractivity contribution is -0.146. The monoisotopic (exact) mass is 221 g/mol. The van der Waals surface area contributed by atoms with Crippen molar-refractivity contribution in [2.45, 2.75) is 26.4 Å². The van der Waals surface area contributed by atoms with E-state index in [1.807, 2.05) is 6.07 Å². The zero-order chi connectivity index (χ0) is 12.0. The minimum Gasteiger partial charge on any atom is -0.463 e. The Bertz CT molecular complexity index is 360. The number of hydrogen-bond acceptors (Lipinski definition) is 4. The summed E-state index contributed by atoms with van der Waals surface area (Å²) in [5.41, 5.74) is 0. The molecule has 0 aliphatic heterocycles. The average Bonchev–Trinajstić information content (AvgIpc) is 2.17. The van der Waals surface area contributed by atoms with E-state index in [1.54, 1.807) is 38.1 Å². The van der Waals surface area contributed by atoms with Gasteiger partial charge in [-0.15, -0.1) is 0 Å². The Morgan fingerprint density at radius 2 is 1.94 bits per heavy atom. The number of hydrogen-bond donors (Lipinski definition) is 1. The lowest BCUT2D eigenvalue weighted by Gasteiger charge is -2.09. The third-order valence-corrected chi connectivity index (χ3v) is 1.66. The predicted molar refractivity (Wildman–Crippen MR) is 60.6 cm³/mol. The van der Waals surface area contributed by atoms with Gasteiger partial charge in [-0.05, 0) is 26.0 Å². The van der Waals surface area contributed by atoms with Crippen LogP contribution in [0.15, 0.2) is 30.3 Å². The summed E-state index contributed by atoms with van der Waals surface area (Å²) >= 11 is 0. The van der Waals surface area contributed by atoms with Crippen molar-refractivity contribution >= 4 is 11.9 Å². The number of esters is 1. The summed E-state index contributed by atoms with van der Waals surface area (Å²) in [6.45, 7) is 3.53. The van der Waals surface area contributed by atoms with Gasteiger partial charge in [0.05, 0.1) is 6.10 Å². The van der Waals surface area contributed by atoms with Crippen LogP contribution in [0.4, 0.5) is 0 Å². The highest BCUT2D eigenvalue weighted by Crippen LogP contribution is 2.09. The van der Waals surface area contributed by atoms with E-state index in [0.717, 1.165) is 0 Å². The number of nitrogens with one attached hydrogen (secondary N) is 1. The van der Waals surface area contributed by atoms with Gasteiger partial charge in [-0.25, -0.2) is 0 Å². The molecule has 0 bridgehead atoms. The van der Waals surface area contributed by atoms with Gasteiger partial charge in [-0.1, -0.05) is 18.2 Å². The lowest BCUT2D eigenvalue weighted by Crippen LogP contribution is -2.18. The third-order valence-electron chi connectivity index (χ3n) is 1.66. The molecule has 0 heterocycles. The fraction of sp³-hybridized carbons (Fsp3) is 0.333. The summed E-state index contributed by atoms with van der Waals surface area (Å²) in [5, 5.41) is 7.48. The van der Waals surface area contributed by atoms with E-state index in [2.05, 4.69) is 0 Å². The van der Waals surface area contributed by atoms with Crippen LogP contribution in [0.2, 0.25) is 0 Å². The molecule has 1 aromatic rings. The predicted octanol–water partition coefficient (Wildman–Crippen LogP) is 2.38. The highest BCUT2D eigenvalue weighted by molar-refractivity contribution is 5.93. The molecular formula is C12H15NO3. The SMILES string of the molecule is CC(C)OC(=O)CC(=N)Oc1ccccc1. The van der Waals surface area contributed by atoms with Crippen LogP contribution < -0.4 is 4.74 Å². The van der Waals surface area contributed by atoms with Crippen LogP contribution >= 0.6 is 0 Å². The molecule has 4 nitrogen and oxygen atoms in total. The molecule has 0 amide bonds. The quantitative estimate of drug-likeness (QED) is 0.482. The first kappa shape index (κ1) is 12.2. The first-order chi connectivity index (χ1) is 7.58. The molecule has 0 fully saturated rings. The minimum atomic E-state index is -0.448. The van der Waals surface area contributed by atoms with Gasteiger partial charge in [0.25, 0.3) is 0 Å². The van der Waals surface area contributed by atoms with Crippen LogP contribution in [-0.4, -0.2) is 18.0 Å². The molecule has 1 rings (SSSR count). The second-order valence-electron chi connectivity index (χ2n) is 3.55. The largest absolute Gasteiger partial charge is 0.463 e. The first-order valence-corrected chi connectivity index (χ1v) is 5.07. The lowest BCUT2D eigenvalue weighted by atomic mass is 10.3. The van der Waals surface area contributed by atoms with E-state index < -0.39 is 5.97 Å². The molecule has 4 heteroatoms. The summed E-state index contributed by atoms with van der Waals surface area (Å²) in [6.07, 6.45) is -0.315. The Balaban J connectivity index is 2.39. The molecule has 0 atom stereocenters. The van der Waals surface area contributed by atoms with E-state index in [4.69, 9.17) is 14.9 Å². The van der Waals surface area contributed by atoms with Gasteiger partial charge in [-0.3, -0.25) is 10.2 Å². The van der Waals surface area contributed by atoms with E-state index in [0.29, 0.717) is 5.75 Å². The molecule has 1 aromatic carbocycles. The molecule has 0 radical (unpaired) electrons. The third kappa shape index (κ3) is 4.59. The van der Waals surface area contributed by atoms with E-state index >= 15 is 0 Å². The summed E-state index contributed by atoms with van der Waals surface area (Å²) in [5.74, 6) is -0.0161. The van der Waals surface area contributed by atoms with Gasteiger partial charge in [-0.2, -0.15) is 0 Å². The van der Waals surface area contributed by atoms with Crippen molar-refractivity contribution in [3.05, 3.63) is 30.3 Å². The van der Waals surface area contributed by atoms with Crippen LogP contribution in [0.1, 0.15) is 20.3 Å². The number of carbonyl (C=O) groups is 1. The molecule has 0 saturated heterocycles. The van der Waals surface area contributed by atoms with Crippen LogP contribution in [0.25, 0.3) is 0 Å². The molecule has 16 heavy (non-hydrogen) atoms. The molecule has 86 valence electrons. The molecule has 0 aliphatic rings. The first-order valence-electron chi connectivity index (χ1n) is 5.07. The summed E-state index contributed by atoms with van der Waals surface area (Å²) in [6, 6.07) is 8.90. The van der Waals surface area contributed by atoms with Crippen molar-refractivity contribution in [2.75, 3.05) is 0 Å². The van der Waals surface area contributed by atoms with Crippen LogP contribution in [0.5, 0.6) is 5.75 Å².